The second-order valence-electron chi connectivity index (χ2n) is 4.45. The lowest BCUT2D eigenvalue weighted by atomic mass is 10.1. The van der Waals surface area contributed by atoms with Crippen molar-refractivity contribution in [2.75, 3.05) is 7.05 Å². The topological polar surface area (TPSA) is 38.3 Å². The number of hydrogen-bond donors (Lipinski definition) is 1. The Labute approximate surface area is 102 Å². The van der Waals surface area contributed by atoms with Crippen LogP contribution in [-0.4, -0.2) is 19.1 Å². The predicted molar refractivity (Wildman–Crippen MR) is 66.6 cm³/mol. The van der Waals surface area contributed by atoms with Gasteiger partial charge in [0.05, 0.1) is 6.10 Å². The van der Waals surface area contributed by atoms with Gasteiger partial charge >= 0.3 is 0 Å². The molecule has 0 unspecified atom stereocenters. The van der Waals surface area contributed by atoms with E-state index in [4.69, 9.17) is 4.74 Å². The molecule has 0 bridgehead atoms. The summed E-state index contributed by atoms with van der Waals surface area (Å²) in [5.74, 6) is -0.0666. The first-order valence-corrected chi connectivity index (χ1v) is 6.23. The smallest absolute Gasteiger partial charge is 0.253 e. The number of hydrogen-bond acceptors (Lipinski definition) is 2. The summed E-state index contributed by atoms with van der Waals surface area (Å²) < 4.78 is 5.94. The second kappa shape index (κ2) is 5.82. The van der Waals surface area contributed by atoms with E-state index in [9.17, 15) is 4.79 Å². The zero-order valence-electron chi connectivity index (χ0n) is 10.2. The van der Waals surface area contributed by atoms with E-state index in [-0.39, 0.29) is 12.0 Å². The molecular weight excluding hydrogens is 214 g/mol. The minimum atomic E-state index is -0.468. The van der Waals surface area contributed by atoms with Gasteiger partial charge in [-0.05, 0) is 18.4 Å². The van der Waals surface area contributed by atoms with E-state index in [1.165, 1.54) is 12.8 Å². The molecule has 2 rings (SSSR count). The van der Waals surface area contributed by atoms with Gasteiger partial charge in [-0.3, -0.25) is 4.79 Å². The minimum absolute atomic E-state index is 0.0666. The van der Waals surface area contributed by atoms with Crippen LogP contribution in [0.3, 0.4) is 0 Å². The number of carbonyl (C=O) groups excluding carboxylic acids is 1. The Morgan fingerprint density at radius 1 is 1.29 bits per heavy atom. The summed E-state index contributed by atoms with van der Waals surface area (Å²) in [5, 5.41) is 2.67. The van der Waals surface area contributed by atoms with Crippen LogP contribution in [0.1, 0.15) is 37.4 Å². The molecule has 1 aromatic carbocycles. The van der Waals surface area contributed by atoms with E-state index >= 15 is 0 Å². The van der Waals surface area contributed by atoms with Crippen LogP contribution in [0, 0.1) is 0 Å². The Hall–Kier alpha value is -1.35. The first-order valence-electron chi connectivity index (χ1n) is 6.23. The zero-order valence-corrected chi connectivity index (χ0v) is 10.2. The maximum Gasteiger partial charge on any atom is 0.253 e. The predicted octanol–water partition coefficient (Wildman–Crippen LogP) is 2.43. The van der Waals surface area contributed by atoms with Crippen molar-refractivity contribution in [2.24, 2.45) is 0 Å². The van der Waals surface area contributed by atoms with Crippen molar-refractivity contribution in [3.8, 4) is 0 Å². The molecule has 17 heavy (non-hydrogen) atoms. The molecule has 1 fully saturated rings. The number of amides is 1. The molecule has 0 aliphatic heterocycles. The highest BCUT2D eigenvalue weighted by molar-refractivity contribution is 5.81. The average molecular weight is 233 g/mol. The zero-order chi connectivity index (χ0) is 12.1. The molecule has 0 heterocycles. The van der Waals surface area contributed by atoms with Crippen molar-refractivity contribution in [1.82, 2.24) is 5.32 Å². The molecule has 1 aromatic rings. The number of rotatable bonds is 4. The first-order chi connectivity index (χ1) is 8.31. The van der Waals surface area contributed by atoms with Crippen LogP contribution in [0.5, 0.6) is 0 Å². The summed E-state index contributed by atoms with van der Waals surface area (Å²) in [6.45, 7) is 0. The molecule has 0 spiro atoms. The average Bonchev–Trinajstić information content (AvgIpc) is 2.89. The van der Waals surface area contributed by atoms with Crippen LogP contribution >= 0.6 is 0 Å². The van der Waals surface area contributed by atoms with Crippen LogP contribution in [0.25, 0.3) is 0 Å². The van der Waals surface area contributed by atoms with E-state index in [1.807, 2.05) is 30.3 Å². The molecule has 0 aromatic heterocycles. The van der Waals surface area contributed by atoms with Gasteiger partial charge in [0.2, 0.25) is 0 Å². The van der Waals surface area contributed by atoms with Gasteiger partial charge in [-0.2, -0.15) is 0 Å². The van der Waals surface area contributed by atoms with Crippen molar-refractivity contribution in [1.29, 1.82) is 0 Å². The molecule has 1 amide bonds. The molecule has 3 nitrogen and oxygen atoms in total. The fraction of sp³-hybridized carbons (Fsp3) is 0.500. The van der Waals surface area contributed by atoms with Gasteiger partial charge in [0, 0.05) is 7.05 Å². The fourth-order valence-electron chi connectivity index (χ4n) is 2.27. The summed E-state index contributed by atoms with van der Waals surface area (Å²) in [4.78, 5) is 11.9. The van der Waals surface area contributed by atoms with Gasteiger partial charge in [0.1, 0.15) is 0 Å². The van der Waals surface area contributed by atoms with E-state index in [0.29, 0.717) is 0 Å². The molecule has 92 valence electrons. The highest BCUT2D eigenvalue weighted by Crippen LogP contribution is 2.27. The lowest BCUT2D eigenvalue weighted by Gasteiger charge is -2.21. The summed E-state index contributed by atoms with van der Waals surface area (Å²) in [6, 6.07) is 9.69. The van der Waals surface area contributed by atoms with Crippen molar-refractivity contribution >= 4 is 5.91 Å². The summed E-state index contributed by atoms with van der Waals surface area (Å²) in [5.41, 5.74) is 0.929. The normalized spacial score (nSPS) is 17.9. The molecule has 0 saturated heterocycles. The van der Waals surface area contributed by atoms with Crippen LogP contribution in [-0.2, 0) is 9.53 Å². The van der Waals surface area contributed by atoms with Crippen molar-refractivity contribution in [3.63, 3.8) is 0 Å². The van der Waals surface area contributed by atoms with Gasteiger partial charge in [-0.25, -0.2) is 0 Å². The lowest BCUT2D eigenvalue weighted by molar-refractivity contribution is -0.136. The molecule has 1 saturated carbocycles. The van der Waals surface area contributed by atoms with E-state index in [0.717, 1.165) is 18.4 Å². The largest absolute Gasteiger partial charge is 0.360 e. The quantitative estimate of drug-likeness (QED) is 0.867. The third-order valence-electron chi connectivity index (χ3n) is 3.22. The van der Waals surface area contributed by atoms with E-state index in [2.05, 4.69) is 5.32 Å². The van der Waals surface area contributed by atoms with Crippen LogP contribution in [0.15, 0.2) is 30.3 Å². The maximum absolute atomic E-state index is 11.9. The minimum Gasteiger partial charge on any atom is -0.360 e. The second-order valence-corrected chi connectivity index (χ2v) is 4.45. The number of nitrogens with one attached hydrogen (secondary N) is 1. The lowest BCUT2D eigenvalue weighted by Crippen LogP contribution is -2.30. The van der Waals surface area contributed by atoms with Crippen LogP contribution in [0.2, 0.25) is 0 Å². The van der Waals surface area contributed by atoms with Gasteiger partial charge in [-0.1, -0.05) is 43.2 Å². The van der Waals surface area contributed by atoms with E-state index in [1.54, 1.807) is 7.05 Å². The Bertz CT molecular complexity index is 358. The van der Waals surface area contributed by atoms with Gasteiger partial charge in [0.15, 0.2) is 6.10 Å². The Kier molecular flexibility index (Phi) is 4.15. The van der Waals surface area contributed by atoms with Crippen LogP contribution in [0.4, 0.5) is 0 Å². The first kappa shape index (κ1) is 12.1. The third kappa shape index (κ3) is 3.07. The number of likely N-dealkylation sites (N-methyl/N-ethyl adjacent to an activating group) is 1. The monoisotopic (exact) mass is 233 g/mol. The molecule has 0 radical (unpaired) electrons. The van der Waals surface area contributed by atoms with Crippen LogP contribution < -0.4 is 5.32 Å². The summed E-state index contributed by atoms with van der Waals surface area (Å²) in [6.07, 6.45) is 4.32. The molecule has 1 aliphatic carbocycles. The van der Waals surface area contributed by atoms with Crippen molar-refractivity contribution in [3.05, 3.63) is 35.9 Å². The third-order valence-corrected chi connectivity index (χ3v) is 3.22. The fourth-order valence-corrected chi connectivity index (χ4v) is 2.27. The Balaban J connectivity index is 2.10. The molecular formula is C14H19NO2. The summed E-state index contributed by atoms with van der Waals surface area (Å²) >= 11 is 0. The number of ether oxygens (including phenoxy) is 1. The van der Waals surface area contributed by atoms with Gasteiger partial charge < -0.3 is 10.1 Å². The van der Waals surface area contributed by atoms with Gasteiger partial charge in [-0.15, -0.1) is 0 Å². The highest BCUT2D eigenvalue weighted by atomic mass is 16.5. The number of benzene rings is 1. The highest BCUT2D eigenvalue weighted by Gasteiger charge is 2.26. The molecule has 1 aliphatic rings. The molecule has 3 heteroatoms. The summed E-state index contributed by atoms with van der Waals surface area (Å²) in [7, 11) is 1.65. The standard InChI is InChI=1S/C14H19NO2/c1-15-14(16)13(11-7-3-2-4-8-11)17-12-9-5-6-10-12/h2-4,7-8,12-13H,5-6,9-10H2,1H3,(H,15,16)/t13-/m0/s1. The molecule has 1 N–H and O–H groups in total. The van der Waals surface area contributed by atoms with Crippen molar-refractivity contribution in [2.45, 2.75) is 37.9 Å². The SMILES string of the molecule is CNC(=O)[C@@H](OC1CCCC1)c1ccccc1. The van der Waals surface area contributed by atoms with E-state index < -0.39 is 6.10 Å². The Morgan fingerprint density at radius 2 is 1.94 bits per heavy atom. The maximum atomic E-state index is 11.9. The molecule has 1 atom stereocenters. The number of carbonyl (C=O) groups is 1. The van der Waals surface area contributed by atoms with Crippen molar-refractivity contribution < 1.29 is 9.53 Å². The van der Waals surface area contributed by atoms with Gasteiger partial charge in [0.25, 0.3) is 5.91 Å². The Morgan fingerprint density at radius 3 is 2.53 bits per heavy atom.